The first-order valence-electron chi connectivity index (χ1n) is 6.64. The molecule has 2 bridgehead atoms. The molecule has 4 heteroatoms. The number of hydrogen-bond donors (Lipinski definition) is 1. The minimum absolute atomic E-state index is 0.161. The quantitative estimate of drug-likeness (QED) is 0.754. The van der Waals surface area contributed by atoms with Crippen molar-refractivity contribution in [3.05, 3.63) is 0 Å². The standard InChI is InChI=1S/C13H22N2O2/c1-13(2,3)17-12(16)15-10-5-9(11(15)6-14)7-4-8(7)10/h7-11H,4-6,14H2,1-3H3/t7-,8+,9-,10+,11-/m1/s1. The van der Waals surface area contributed by atoms with E-state index in [1.54, 1.807) is 0 Å². The second kappa shape index (κ2) is 3.37. The Labute approximate surface area is 102 Å². The zero-order valence-corrected chi connectivity index (χ0v) is 10.8. The molecule has 4 nitrogen and oxygen atoms in total. The van der Waals surface area contributed by atoms with Crippen molar-refractivity contribution in [3.8, 4) is 0 Å². The van der Waals surface area contributed by atoms with Crippen LogP contribution >= 0.6 is 0 Å². The smallest absolute Gasteiger partial charge is 0.410 e. The first kappa shape index (κ1) is 11.3. The van der Waals surface area contributed by atoms with Gasteiger partial charge in [0, 0.05) is 12.6 Å². The SMILES string of the molecule is CC(C)(C)OC(=O)N1[C@H](CN)[C@@H]2C[C@H]1[C@H]1C[C@@H]21. The summed E-state index contributed by atoms with van der Waals surface area (Å²) in [6.07, 6.45) is 2.28. The van der Waals surface area contributed by atoms with Crippen LogP contribution in [0.4, 0.5) is 4.79 Å². The number of nitrogens with zero attached hydrogens (tertiary/aromatic N) is 1. The Morgan fingerprint density at radius 1 is 1.29 bits per heavy atom. The Morgan fingerprint density at radius 2 is 2.00 bits per heavy atom. The van der Waals surface area contributed by atoms with E-state index in [1.807, 2.05) is 25.7 Å². The van der Waals surface area contributed by atoms with E-state index < -0.39 is 5.60 Å². The molecule has 0 spiro atoms. The Morgan fingerprint density at radius 3 is 2.59 bits per heavy atom. The van der Waals surface area contributed by atoms with E-state index >= 15 is 0 Å². The van der Waals surface area contributed by atoms with Crippen molar-refractivity contribution < 1.29 is 9.53 Å². The zero-order chi connectivity index (χ0) is 12.4. The fraction of sp³-hybridized carbons (Fsp3) is 0.923. The molecule has 2 aliphatic carbocycles. The summed E-state index contributed by atoms with van der Waals surface area (Å²) in [4.78, 5) is 14.2. The molecule has 2 saturated carbocycles. The summed E-state index contributed by atoms with van der Waals surface area (Å²) in [5, 5.41) is 0. The number of nitrogens with two attached hydrogens (primary N) is 1. The van der Waals surface area contributed by atoms with Crippen molar-refractivity contribution in [2.45, 2.75) is 51.3 Å². The predicted octanol–water partition coefficient (Wildman–Crippen LogP) is 1.59. The molecule has 3 aliphatic rings. The topological polar surface area (TPSA) is 55.6 Å². The maximum absolute atomic E-state index is 12.2. The molecule has 0 unspecified atom stereocenters. The van der Waals surface area contributed by atoms with Gasteiger partial charge in [0.15, 0.2) is 0 Å². The van der Waals surface area contributed by atoms with E-state index in [9.17, 15) is 4.79 Å². The zero-order valence-electron chi connectivity index (χ0n) is 10.8. The summed E-state index contributed by atoms with van der Waals surface area (Å²) in [6.45, 7) is 6.31. The minimum Gasteiger partial charge on any atom is -0.444 e. The summed E-state index contributed by atoms with van der Waals surface area (Å²) in [7, 11) is 0. The molecule has 17 heavy (non-hydrogen) atoms. The van der Waals surface area contributed by atoms with Gasteiger partial charge in [0.1, 0.15) is 5.60 Å². The Balaban J connectivity index is 1.76. The van der Waals surface area contributed by atoms with E-state index in [-0.39, 0.29) is 12.1 Å². The second-order valence-electron chi connectivity index (χ2n) is 6.72. The molecule has 1 amide bonds. The number of rotatable bonds is 1. The molecule has 0 aromatic heterocycles. The van der Waals surface area contributed by atoms with Gasteiger partial charge in [0.25, 0.3) is 0 Å². The highest BCUT2D eigenvalue weighted by atomic mass is 16.6. The van der Waals surface area contributed by atoms with Gasteiger partial charge in [-0.2, -0.15) is 0 Å². The van der Waals surface area contributed by atoms with Crippen LogP contribution in [0, 0.1) is 17.8 Å². The normalized spacial score (nSPS) is 42.6. The van der Waals surface area contributed by atoms with Crippen LogP contribution in [0.2, 0.25) is 0 Å². The molecule has 1 saturated heterocycles. The molecule has 3 rings (SSSR count). The summed E-state index contributed by atoms with van der Waals surface area (Å²) in [6, 6.07) is 0.631. The highest BCUT2D eigenvalue weighted by Crippen LogP contribution is 2.63. The molecule has 96 valence electrons. The average molecular weight is 238 g/mol. The summed E-state index contributed by atoms with van der Waals surface area (Å²) >= 11 is 0. The van der Waals surface area contributed by atoms with Crippen LogP contribution in [0.25, 0.3) is 0 Å². The van der Waals surface area contributed by atoms with Crippen LogP contribution in [-0.2, 0) is 4.74 Å². The first-order chi connectivity index (χ1) is 7.92. The van der Waals surface area contributed by atoms with Crippen LogP contribution < -0.4 is 5.73 Å². The third-order valence-electron chi connectivity index (χ3n) is 4.50. The summed E-state index contributed by atoms with van der Waals surface area (Å²) < 4.78 is 5.50. The largest absolute Gasteiger partial charge is 0.444 e. The second-order valence-corrected chi connectivity index (χ2v) is 6.72. The maximum atomic E-state index is 12.2. The van der Waals surface area contributed by atoms with E-state index in [0.717, 1.165) is 18.3 Å². The minimum atomic E-state index is -0.416. The number of piperidine rings is 1. The van der Waals surface area contributed by atoms with Gasteiger partial charge in [-0.1, -0.05) is 0 Å². The Bertz CT molecular complexity index is 350. The number of carbonyl (C=O) groups is 1. The van der Waals surface area contributed by atoms with E-state index in [2.05, 4.69) is 0 Å². The van der Waals surface area contributed by atoms with Crippen LogP contribution in [0.15, 0.2) is 0 Å². The van der Waals surface area contributed by atoms with Crippen molar-refractivity contribution in [2.24, 2.45) is 23.5 Å². The fourth-order valence-corrected chi connectivity index (χ4v) is 3.89. The van der Waals surface area contributed by atoms with Crippen molar-refractivity contribution in [2.75, 3.05) is 6.54 Å². The molecule has 5 atom stereocenters. The molecule has 1 heterocycles. The molecular weight excluding hydrogens is 216 g/mol. The number of hydrogen-bond acceptors (Lipinski definition) is 3. The monoisotopic (exact) mass is 238 g/mol. The fourth-order valence-electron chi connectivity index (χ4n) is 3.89. The van der Waals surface area contributed by atoms with Gasteiger partial charge in [-0.05, 0) is 51.4 Å². The number of amides is 1. The Kier molecular flexibility index (Phi) is 2.25. The van der Waals surface area contributed by atoms with Gasteiger partial charge in [-0.15, -0.1) is 0 Å². The number of carbonyl (C=O) groups excluding carboxylic acids is 1. The molecule has 0 radical (unpaired) electrons. The predicted molar refractivity (Wildman–Crippen MR) is 64.4 cm³/mol. The van der Waals surface area contributed by atoms with Crippen molar-refractivity contribution in [1.29, 1.82) is 0 Å². The van der Waals surface area contributed by atoms with E-state index in [1.165, 1.54) is 6.42 Å². The van der Waals surface area contributed by atoms with E-state index in [4.69, 9.17) is 10.5 Å². The van der Waals surface area contributed by atoms with Crippen LogP contribution in [-0.4, -0.2) is 35.2 Å². The Hall–Kier alpha value is -0.770. The van der Waals surface area contributed by atoms with E-state index in [0.29, 0.717) is 18.5 Å². The molecule has 1 aliphatic heterocycles. The number of ether oxygens (including phenoxy) is 1. The lowest BCUT2D eigenvalue weighted by Crippen LogP contribution is -2.51. The average Bonchev–Trinajstić information content (AvgIpc) is 2.82. The van der Waals surface area contributed by atoms with Crippen molar-refractivity contribution >= 4 is 6.09 Å². The highest BCUT2D eigenvalue weighted by Gasteiger charge is 2.65. The van der Waals surface area contributed by atoms with Gasteiger partial charge in [0.05, 0.1) is 6.04 Å². The van der Waals surface area contributed by atoms with Gasteiger partial charge in [0.2, 0.25) is 0 Å². The van der Waals surface area contributed by atoms with Crippen LogP contribution in [0.5, 0.6) is 0 Å². The molecule has 2 N–H and O–H groups in total. The molecule has 3 fully saturated rings. The first-order valence-corrected chi connectivity index (χ1v) is 6.64. The van der Waals surface area contributed by atoms with Gasteiger partial charge >= 0.3 is 6.09 Å². The summed E-state index contributed by atoms with van der Waals surface area (Å²) in [5.41, 5.74) is 5.43. The number of fused-ring (bicyclic) bond motifs is 5. The lowest BCUT2D eigenvalue weighted by atomic mass is 9.97. The van der Waals surface area contributed by atoms with Crippen LogP contribution in [0.1, 0.15) is 33.6 Å². The lowest BCUT2D eigenvalue weighted by Gasteiger charge is -2.35. The molecule has 0 aromatic rings. The third kappa shape index (κ3) is 1.65. The van der Waals surface area contributed by atoms with Gasteiger partial charge in [-0.25, -0.2) is 4.79 Å². The number of likely N-dealkylation sites (tertiary alicyclic amines) is 1. The highest BCUT2D eigenvalue weighted by molar-refractivity contribution is 5.70. The van der Waals surface area contributed by atoms with Crippen molar-refractivity contribution in [1.82, 2.24) is 4.90 Å². The molecule has 0 aromatic carbocycles. The maximum Gasteiger partial charge on any atom is 0.410 e. The molecular formula is C13H22N2O2. The third-order valence-corrected chi connectivity index (χ3v) is 4.50. The summed E-state index contributed by atoms with van der Waals surface area (Å²) in [5.74, 6) is 2.24. The van der Waals surface area contributed by atoms with Gasteiger partial charge < -0.3 is 15.4 Å². The lowest BCUT2D eigenvalue weighted by molar-refractivity contribution is 0.00721. The van der Waals surface area contributed by atoms with Gasteiger partial charge in [-0.3, -0.25) is 0 Å². The van der Waals surface area contributed by atoms with Crippen molar-refractivity contribution in [3.63, 3.8) is 0 Å². The van der Waals surface area contributed by atoms with Crippen LogP contribution in [0.3, 0.4) is 0 Å².